The van der Waals surface area contributed by atoms with E-state index in [4.69, 9.17) is 0 Å². The highest BCUT2D eigenvalue weighted by molar-refractivity contribution is 6.58. The van der Waals surface area contributed by atoms with Gasteiger partial charge in [-0.05, 0) is 69.2 Å². The quantitative estimate of drug-likeness (QED) is 0.574. The summed E-state index contributed by atoms with van der Waals surface area (Å²) in [7, 11) is 0. The molecule has 5 heteroatoms. The maximum absolute atomic E-state index is 16.0. The second-order valence-electron chi connectivity index (χ2n) is 8.51. The van der Waals surface area contributed by atoms with E-state index in [1.807, 2.05) is 13.8 Å². The number of allylic oxidation sites excluding steroid dienone is 3. The molecule has 1 saturated carbocycles. The molecule has 1 aromatic heterocycles. The molecule has 27 heavy (non-hydrogen) atoms. The lowest BCUT2D eigenvalue weighted by molar-refractivity contribution is -0.364. The molecular formula is C22H31BF2N2. The van der Waals surface area contributed by atoms with Gasteiger partial charge in [0.15, 0.2) is 5.70 Å². The molecule has 0 saturated heterocycles. The van der Waals surface area contributed by atoms with Crippen molar-refractivity contribution in [1.29, 1.82) is 0 Å². The first-order chi connectivity index (χ1) is 12.8. The van der Waals surface area contributed by atoms with E-state index in [0.717, 1.165) is 70.8 Å². The van der Waals surface area contributed by atoms with Gasteiger partial charge in [-0.1, -0.05) is 26.7 Å². The van der Waals surface area contributed by atoms with E-state index in [-0.39, 0.29) is 0 Å². The Morgan fingerprint density at radius 3 is 2.22 bits per heavy atom. The number of hydrogen-bond acceptors (Lipinski definition) is 0. The Labute approximate surface area is 161 Å². The summed E-state index contributed by atoms with van der Waals surface area (Å²) in [5.41, 5.74) is 8.69. The minimum atomic E-state index is -3.87. The van der Waals surface area contributed by atoms with Crippen LogP contribution in [0.4, 0.5) is 8.63 Å². The minimum absolute atomic E-state index is 0.393. The summed E-state index contributed by atoms with van der Waals surface area (Å²) in [5.74, 6) is 0.393. The summed E-state index contributed by atoms with van der Waals surface area (Å²) < 4.78 is 34.8. The van der Waals surface area contributed by atoms with E-state index < -0.39 is 6.97 Å². The maximum Gasteiger partial charge on any atom is 0.737 e. The van der Waals surface area contributed by atoms with E-state index in [2.05, 4.69) is 27.7 Å². The second kappa shape index (κ2) is 6.18. The van der Waals surface area contributed by atoms with Crippen LogP contribution in [-0.2, 0) is 6.42 Å². The van der Waals surface area contributed by atoms with Gasteiger partial charge >= 0.3 is 6.97 Å². The van der Waals surface area contributed by atoms with Crippen molar-refractivity contribution in [2.24, 2.45) is 5.92 Å². The Morgan fingerprint density at radius 1 is 1.04 bits per heavy atom. The van der Waals surface area contributed by atoms with Crippen molar-refractivity contribution in [1.82, 2.24) is 4.48 Å². The van der Waals surface area contributed by atoms with Crippen LogP contribution in [0.5, 0.6) is 0 Å². The summed E-state index contributed by atoms with van der Waals surface area (Å²) in [5, 5.41) is 0. The van der Waals surface area contributed by atoms with Gasteiger partial charge in [-0.3, -0.25) is 0 Å². The van der Waals surface area contributed by atoms with E-state index >= 15 is 8.63 Å². The molecule has 0 bridgehead atoms. The fraction of sp³-hybridized carbons (Fsp3) is 0.591. The predicted molar refractivity (Wildman–Crippen MR) is 109 cm³/mol. The van der Waals surface area contributed by atoms with Crippen molar-refractivity contribution < 1.29 is 13.1 Å². The molecule has 146 valence electrons. The molecule has 2 nitrogen and oxygen atoms in total. The highest BCUT2D eigenvalue weighted by Crippen LogP contribution is 2.50. The lowest BCUT2D eigenvalue weighted by Crippen LogP contribution is -2.52. The summed E-state index contributed by atoms with van der Waals surface area (Å²) in [6.07, 6.45) is 6.24. The van der Waals surface area contributed by atoms with E-state index in [9.17, 15) is 0 Å². The number of hydrogen-bond donors (Lipinski definition) is 0. The number of aromatic nitrogens is 1. The Balaban J connectivity index is 2.15. The van der Waals surface area contributed by atoms with Gasteiger partial charge in [-0.25, -0.2) is 0 Å². The van der Waals surface area contributed by atoms with Crippen LogP contribution in [0.2, 0.25) is 0 Å². The fourth-order valence-corrected chi connectivity index (χ4v) is 6.13. The largest absolute Gasteiger partial charge is 0.737 e. The average molecular weight is 372 g/mol. The van der Waals surface area contributed by atoms with Gasteiger partial charge in [-0.2, -0.15) is 0 Å². The average Bonchev–Trinajstić information content (AvgIpc) is 3.28. The maximum atomic E-state index is 16.0. The lowest BCUT2D eigenvalue weighted by Gasteiger charge is -2.35. The molecule has 1 fully saturated rings. The molecule has 0 amide bonds. The number of halogens is 2. The molecule has 4 rings (SSSR count). The van der Waals surface area contributed by atoms with Gasteiger partial charge < -0.3 is 17.6 Å². The van der Waals surface area contributed by atoms with Crippen molar-refractivity contribution >= 4 is 18.3 Å². The third-order valence-corrected chi connectivity index (χ3v) is 7.30. The van der Waals surface area contributed by atoms with Crippen molar-refractivity contribution in [2.75, 3.05) is 0 Å². The molecule has 3 heterocycles. The van der Waals surface area contributed by atoms with Gasteiger partial charge in [0.05, 0.1) is 0 Å². The SMILES string of the molecule is CCC1=C(C)C2=C(C3CCCC3)c3c(C)c(CC)c(C)n3[B-](F)(F)[N+]2=C1C. The Bertz CT molecular complexity index is 925. The predicted octanol–water partition coefficient (Wildman–Crippen LogP) is 6.02. The molecule has 0 aromatic carbocycles. The van der Waals surface area contributed by atoms with E-state index in [1.54, 1.807) is 0 Å². The third-order valence-electron chi connectivity index (χ3n) is 7.30. The van der Waals surface area contributed by atoms with Crippen molar-refractivity contribution in [3.05, 3.63) is 39.4 Å². The Kier molecular flexibility index (Phi) is 4.28. The van der Waals surface area contributed by atoms with Gasteiger partial charge in [0.2, 0.25) is 0 Å². The van der Waals surface area contributed by atoms with Crippen LogP contribution < -0.4 is 0 Å². The van der Waals surface area contributed by atoms with Crippen molar-refractivity contribution in [3.8, 4) is 0 Å². The number of fused-ring (bicyclic) bond motifs is 2. The van der Waals surface area contributed by atoms with Crippen LogP contribution in [0.25, 0.3) is 5.57 Å². The van der Waals surface area contributed by atoms with Crippen LogP contribution in [0.15, 0.2) is 16.8 Å². The van der Waals surface area contributed by atoms with Crippen molar-refractivity contribution in [3.63, 3.8) is 0 Å². The zero-order chi connectivity index (χ0) is 19.7. The van der Waals surface area contributed by atoms with Crippen LogP contribution in [-0.4, -0.2) is 21.6 Å². The van der Waals surface area contributed by atoms with Crippen LogP contribution in [0.3, 0.4) is 0 Å². The lowest BCUT2D eigenvalue weighted by atomic mass is 9.81. The first-order valence-corrected chi connectivity index (χ1v) is 10.6. The van der Waals surface area contributed by atoms with Crippen LogP contribution in [0.1, 0.15) is 82.3 Å². The highest BCUT2D eigenvalue weighted by Gasteiger charge is 2.57. The van der Waals surface area contributed by atoms with Crippen LogP contribution >= 0.6 is 0 Å². The molecule has 0 spiro atoms. The van der Waals surface area contributed by atoms with E-state index in [1.165, 1.54) is 27.4 Å². The molecular weight excluding hydrogens is 341 g/mol. The zero-order valence-electron chi connectivity index (χ0n) is 17.5. The van der Waals surface area contributed by atoms with E-state index in [0.29, 0.717) is 5.92 Å². The van der Waals surface area contributed by atoms with Crippen LogP contribution in [0, 0.1) is 19.8 Å². The zero-order valence-corrected chi connectivity index (χ0v) is 17.5. The fourth-order valence-electron chi connectivity index (χ4n) is 6.13. The molecule has 3 aliphatic rings. The first kappa shape index (κ1) is 18.7. The standard InChI is InChI=1S/C22H31BF2N2/c1-7-18-13(3)21-20(17-11-9-10-12-17)22-14(4)19(8-2)16(6)27(22)23(24,25)26(21)15(18)5/h17H,7-12H2,1-6H3. The molecule has 1 aliphatic carbocycles. The topological polar surface area (TPSA) is 7.94 Å². The summed E-state index contributed by atoms with van der Waals surface area (Å²) in [6, 6.07) is 0. The molecule has 0 radical (unpaired) electrons. The molecule has 0 N–H and O–H groups in total. The van der Waals surface area contributed by atoms with Gasteiger partial charge in [0, 0.05) is 29.3 Å². The second-order valence-corrected chi connectivity index (χ2v) is 8.51. The molecule has 0 unspecified atom stereocenters. The van der Waals surface area contributed by atoms with Gasteiger partial charge in [0.1, 0.15) is 5.71 Å². The Hall–Kier alpha value is -1.65. The number of rotatable bonds is 3. The Morgan fingerprint density at radius 2 is 1.67 bits per heavy atom. The third kappa shape index (κ3) is 2.26. The molecule has 1 aromatic rings. The summed E-state index contributed by atoms with van der Waals surface area (Å²) in [4.78, 5) is 0. The normalized spacial score (nSPS) is 22.2. The molecule has 2 aliphatic heterocycles. The first-order valence-electron chi connectivity index (χ1n) is 10.6. The summed E-state index contributed by atoms with van der Waals surface area (Å²) >= 11 is 0. The molecule has 0 atom stereocenters. The minimum Gasteiger partial charge on any atom is -0.393 e. The number of nitrogens with zero attached hydrogens (tertiary/aromatic N) is 2. The smallest absolute Gasteiger partial charge is 0.393 e. The summed E-state index contributed by atoms with van der Waals surface area (Å²) in [6.45, 7) is 8.17. The van der Waals surface area contributed by atoms with Crippen molar-refractivity contribution in [2.45, 2.75) is 80.1 Å². The van der Waals surface area contributed by atoms with Gasteiger partial charge in [-0.15, -0.1) is 0 Å². The monoisotopic (exact) mass is 372 g/mol. The highest BCUT2D eigenvalue weighted by atomic mass is 19.2. The van der Waals surface area contributed by atoms with Gasteiger partial charge in [0.25, 0.3) is 0 Å².